The lowest BCUT2D eigenvalue weighted by atomic mass is 10.00. The lowest BCUT2D eigenvalue weighted by Gasteiger charge is -2.10. The summed E-state index contributed by atoms with van der Waals surface area (Å²) in [7, 11) is 2.01. The van der Waals surface area contributed by atoms with E-state index in [0.29, 0.717) is 6.04 Å². The molecule has 4 nitrogen and oxygen atoms in total. The van der Waals surface area contributed by atoms with Crippen LogP contribution in [0.2, 0.25) is 0 Å². The molecule has 1 fully saturated rings. The summed E-state index contributed by atoms with van der Waals surface area (Å²) in [5.41, 5.74) is 4.86. The molecule has 18 heavy (non-hydrogen) atoms. The summed E-state index contributed by atoms with van der Waals surface area (Å²) in [5.74, 6) is 0. The first-order valence-electron chi connectivity index (χ1n) is 6.44. The van der Waals surface area contributed by atoms with Gasteiger partial charge in [0.25, 0.3) is 0 Å². The van der Waals surface area contributed by atoms with Gasteiger partial charge in [-0.2, -0.15) is 5.10 Å². The van der Waals surface area contributed by atoms with Crippen molar-refractivity contribution in [3.05, 3.63) is 35.9 Å². The standard InChI is InChI=1S/C14H18N4/c1-10-13(11-5-8-15-9-6-11)14(17-18(10)2)12-4-3-7-16-12/h5-6,8-9,12,16H,3-4,7H2,1-2H3. The Morgan fingerprint density at radius 3 is 2.78 bits per heavy atom. The monoisotopic (exact) mass is 242 g/mol. The number of nitrogens with one attached hydrogen (secondary N) is 1. The van der Waals surface area contributed by atoms with E-state index >= 15 is 0 Å². The first-order chi connectivity index (χ1) is 8.77. The number of aryl methyl sites for hydroxylation is 1. The van der Waals surface area contributed by atoms with E-state index in [2.05, 4.69) is 29.4 Å². The minimum absolute atomic E-state index is 0.396. The van der Waals surface area contributed by atoms with E-state index in [9.17, 15) is 0 Å². The average molecular weight is 242 g/mol. The topological polar surface area (TPSA) is 42.7 Å². The summed E-state index contributed by atoms with van der Waals surface area (Å²) < 4.78 is 1.98. The van der Waals surface area contributed by atoms with Crippen LogP contribution in [0.15, 0.2) is 24.5 Å². The molecule has 4 heteroatoms. The van der Waals surface area contributed by atoms with Crippen LogP contribution in [-0.2, 0) is 7.05 Å². The molecule has 1 aliphatic heterocycles. The third-order valence-electron chi connectivity index (χ3n) is 3.72. The molecule has 2 aromatic heterocycles. The van der Waals surface area contributed by atoms with Gasteiger partial charge in [-0.1, -0.05) is 0 Å². The van der Waals surface area contributed by atoms with Crippen molar-refractivity contribution < 1.29 is 0 Å². The van der Waals surface area contributed by atoms with Crippen molar-refractivity contribution in [2.75, 3.05) is 6.54 Å². The number of hydrogen-bond donors (Lipinski definition) is 1. The van der Waals surface area contributed by atoms with Gasteiger partial charge in [0, 0.05) is 30.7 Å². The van der Waals surface area contributed by atoms with Gasteiger partial charge in [-0.15, -0.1) is 0 Å². The normalized spacial score (nSPS) is 19.3. The second-order valence-corrected chi connectivity index (χ2v) is 4.85. The lowest BCUT2D eigenvalue weighted by molar-refractivity contribution is 0.605. The smallest absolute Gasteiger partial charge is 0.0874 e. The maximum absolute atomic E-state index is 4.70. The predicted octanol–water partition coefficient (Wildman–Crippen LogP) is 2.22. The molecule has 0 radical (unpaired) electrons. The van der Waals surface area contributed by atoms with Crippen LogP contribution < -0.4 is 5.32 Å². The van der Waals surface area contributed by atoms with Gasteiger partial charge < -0.3 is 5.32 Å². The van der Waals surface area contributed by atoms with Crippen molar-refractivity contribution in [3.8, 4) is 11.1 Å². The predicted molar refractivity (Wildman–Crippen MR) is 71.2 cm³/mol. The minimum atomic E-state index is 0.396. The van der Waals surface area contributed by atoms with E-state index in [-0.39, 0.29) is 0 Å². The van der Waals surface area contributed by atoms with E-state index < -0.39 is 0 Å². The zero-order chi connectivity index (χ0) is 12.5. The first-order valence-corrected chi connectivity index (χ1v) is 6.44. The molecule has 3 heterocycles. The lowest BCUT2D eigenvalue weighted by Crippen LogP contribution is -2.14. The number of pyridine rings is 1. The number of hydrogen-bond acceptors (Lipinski definition) is 3. The van der Waals surface area contributed by atoms with Crippen LogP contribution in [0.25, 0.3) is 11.1 Å². The van der Waals surface area contributed by atoms with Crippen LogP contribution in [0.1, 0.15) is 30.3 Å². The second kappa shape index (κ2) is 4.53. The number of nitrogens with zero attached hydrogens (tertiary/aromatic N) is 3. The third-order valence-corrected chi connectivity index (χ3v) is 3.72. The fraction of sp³-hybridized carbons (Fsp3) is 0.429. The van der Waals surface area contributed by atoms with Crippen LogP contribution in [0, 0.1) is 6.92 Å². The second-order valence-electron chi connectivity index (χ2n) is 4.85. The van der Waals surface area contributed by atoms with Crippen molar-refractivity contribution in [2.45, 2.75) is 25.8 Å². The Morgan fingerprint density at radius 2 is 2.11 bits per heavy atom. The summed E-state index contributed by atoms with van der Waals surface area (Å²) >= 11 is 0. The molecule has 1 saturated heterocycles. The SMILES string of the molecule is Cc1c(-c2ccncc2)c(C2CCCN2)nn1C. The largest absolute Gasteiger partial charge is 0.309 e. The van der Waals surface area contributed by atoms with Gasteiger partial charge in [-0.05, 0) is 44.0 Å². The van der Waals surface area contributed by atoms with Gasteiger partial charge in [0.05, 0.1) is 11.7 Å². The Kier molecular flexibility index (Phi) is 2.88. The molecule has 0 saturated carbocycles. The first kappa shape index (κ1) is 11.4. The Bertz CT molecular complexity index is 538. The van der Waals surface area contributed by atoms with Gasteiger partial charge in [0.1, 0.15) is 0 Å². The van der Waals surface area contributed by atoms with E-state index in [0.717, 1.165) is 6.54 Å². The van der Waals surface area contributed by atoms with Crippen LogP contribution in [0.3, 0.4) is 0 Å². The van der Waals surface area contributed by atoms with Crippen LogP contribution in [0.4, 0.5) is 0 Å². The van der Waals surface area contributed by atoms with Gasteiger partial charge in [0.15, 0.2) is 0 Å². The van der Waals surface area contributed by atoms with E-state index in [1.165, 1.54) is 35.4 Å². The van der Waals surface area contributed by atoms with Gasteiger partial charge >= 0.3 is 0 Å². The third kappa shape index (κ3) is 1.82. The summed E-state index contributed by atoms with van der Waals surface area (Å²) in [5, 5.41) is 8.23. The van der Waals surface area contributed by atoms with Crippen LogP contribution in [0.5, 0.6) is 0 Å². The Labute approximate surface area is 107 Å². The molecule has 0 amide bonds. The Hall–Kier alpha value is -1.68. The summed E-state index contributed by atoms with van der Waals surface area (Å²) in [6.45, 7) is 3.22. The molecular formula is C14H18N4. The molecular weight excluding hydrogens is 224 g/mol. The van der Waals surface area contributed by atoms with E-state index in [1.54, 1.807) is 0 Å². The summed E-state index contributed by atoms with van der Waals surface area (Å²) in [4.78, 5) is 4.09. The fourth-order valence-corrected chi connectivity index (χ4v) is 2.67. The highest BCUT2D eigenvalue weighted by Crippen LogP contribution is 2.33. The van der Waals surface area contributed by atoms with Crippen molar-refractivity contribution in [3.63, 3.8) is 0 Å². The molecule has 0 aliphatic carbocycles. The van der Waals surface area contributed by atoms with Gasteiger partial charge in [0.2, 0.25) is 0 Å². The highest BCUT2D eigenvalue weighted by molar-refractivity contribution is 5.68. The van der Waals surface area contributed by atoms with Crippen LogP contribution in [-0.4, -0.2) is 21.3 Å². The maximum Gasteiger partial charge on any atom is 0.0874 e. The molecule has 0 spiro atoms. The zero-order valence-corrected chi connectivity index (χ0v) is 10.8. The zero-order valence-electron chi connectivity index (χ0n) is 10.8. The molecule has 1 N–H and O–H groups in total. The highest BCUT2D eigenvalue weighted by atomic mass is 15.3. The number of rotatable bonds is 2. The maximum atomic E-state index is 4.70. The molecule has 0 aromatic carbocycles. The van der Waals surface area contributed by atoms with Crippen LogP contribution >= 0.6 is 0 Å². The average Bonchev–Trinajstić information content (AvgIpc) is 3.00. The molecule has 2 aromatic rings. The Balaban J connectivity index is 2.12. The van der Waals surface area contributed by atoms with Crippen molar-refractivity contribution in [2.24, 2.45) is 7.05 Å². The van der Waals surface area contributed by atoms with Crippen molar-refractivity contribution in [1.29, 1.82) is 0 Å². The molecule has 3 rings (SSSR count). The molecule has 1 aliphatic rings. The van der Waals surface area contributed by atoms with Gasteiger partial charge in [-0.3, -0.25) is 9.67 Å². The van der Waals surface area contributed by atoms with Crippen molar-refractivity contribution >= 4 is 0 Å². The van der Waals surface area contributed by atoms with E-state index in [1.807, 2.05) is 24.1 Å². The fourth-order valence-electron chi connectivity index (χ4n) is 2.67. The minimum Gasteiger partial charge on any atom is -0.309 e. The Morgan fingerprint density at radius 1 is 1.33 bits per heavy atom. The molecule has 1 unspecified atom stereocenters. The molecule has 94 valence electrons. The van der Waals surface area contributed by atoms with E-state index in [4.69, 9.17) is 5.10 Å². The number of aromatic nitrogens is 3. The summed E-state index contributed by atoms with van der Waals surface area (Å²) in [6.07, 6.45) is 6.09. The molecule has 0 bridgehead atoms. The quantitative estimate of drug-likeness (QED) is 0.878. The summed E-state index contributed by atoms with van der Waals surface area (Å²) in [6, 6.07) is 4.51. The molecule has 1 atom stereocenters. The van der Waals surface area contributed by atoms with Crippen molar-refractivity contribution in [1.82, 2.24) is 20.1 Å². The highest BCUT2D eigenvalue weighted by Gasteiger charge is 2.24. The van der Waals surface area contributed by atoms with Gasteiger partial charge in [-0.25, -0.2) is 0 Å².